The minimum atomic E-state index is 0.319. The van der Waals surface area contributed by atoms with Gasteiger partial charge >= 0.3 is 0 Å². The van der Waals surface area contributed by atoms with Crippen molar-refractivity contribution in [1.29, 1.82) is 0 Å². The van der Waals surface area contributed by atoms with Gasteiger partial charge < -0.3 is 15.4 Å². The van der Waals surface area contributed by atoms with Crippen LogP contribution in [0.3, 0.4) is 0 Å². The molecule has 0 amide bonds. The van der Waals surface area contributed by atoms with Crippen LogP contribution in [-0.2, 0) is 4.74 Å². The lowest BCUT2D eigenvalue weighted by molar-refractivity contribution is 0.108. The summed E-state index contributed by atoms with van der Waals surface area (Å²) in [5.41, 5.74) is 0.949. The summed E-state index contributed by atoms with van der Waals surface area (Å²) in [5, 5.41) is 7.53. The number of para-hydroxylation sites is 1. The monoisotopic (exact) mass is 272 g/mol. The molecule has 1 aliphatic heterocycles. The molecule has 5 nitrogen and oxygen atoms in total. The quantitative estimate of drug-likeness (QED) is 0.895. The molecule has 0 radical (unpaired) electrons. The van der Waals surface area contributed by atoms with Gasteiger partial charge in [-0.3, -0.25) is 0 Å². The van der Waals surface area contributed by atoms with E-state index >= 15 is 0 Å². The molecule has 3 rings (SSSR count). The Morgan fingerprint density at radius 2 is 2.15 bits per heavy atom. The number of anilines is 2. The lowest BCUT2D eigenvalue weighted by Gasteiger charge is -2.16. The van der Waals surface area contributed by atoms with E-state index in [9.17, 15) is 0 Å². The maximum absolute atomic E-state index is 5.60. The molecule has 1 aromatic carbocycles. The summed E-state index contributed by atoms with van der Waals surface area (Å²) in [6, 6.07) is 8.05. The highest BCUT2D eigenvalue weighted by Crippen LogP contribution is 2.24. The van der Waals surface area contributed by atoms with Gasteiger partial charge in [0.1, 0.15) is 5.82 Å². The van der Waals surface area contributed by atoms with Gasteiger partial charge in [-0.1, -0.05) is 12.1 Å². The minimum Gasteiger partial charge on any atom is -0.378 e. The SMILES string of the molecule is CNc1nc(NCC2CCOC2C)c2ccccc2n1. The smallest absolute Gasteiger partial charge is 0.224 e. The van der Waals surface area contributed by atoms with Crippen LogP contribution in [0.1, 0.15) is 13.3 Å². The van der Waals surface area contributed by atoms with E-state index in [1.54, 1.807) is 0 Å². The molecule has 2 atom stereocenters. The van der Waals surface area contributed by atoms with Crippen molar-refractivity contribution >= 4 is 22.7 Å². The third kappa shape index (κ3) is 2.54. The first kappa shape index (κ1) is 13.1. The third-order valence-corrected chi connectivity index (χ3v) is 3.89. The fourth-order valence-electron chi connectivity index (χ4n) is 2.60. The van der Waals surface area contributed by atoms with Crippen LogP contribution in [0.4, 0.5) is 11.8 Å². The summed E-state index contributed by atoms with van der Waals surface area (Å²) < 4.78 is 5.60. The Kier molecular flexibility index (Phi) is 3.69. The number of benzene rings is 1. The van der Waals surface area contributed by atoms with Crippen molar-refractivity contribution in [3.63, 3.8) is 0 Å². The Balaban J connectivity index is 1.85. The van der Waals surface area contributed by atoms with Gasteiger partial charge in [0, 0.05) is 31.5 Å². The molecule has 0 spiro atoms. The number of aromatic nitrogens is 2. The van der Waals surface area contributed by atoms with E-state index in [0.29, 0.717) is 18.0 Å². The number of ether oxygens (including phenoxy) is 1. The van der Waals surface area contributed by atoms with E-state index in [1.165, 1.54) is 0 Å². The van der Waals surface area contributed by atoms with Gasteiger partial charge in [0.2, 0.25) is 5.95 Å². The second-order valence-corrected chi connectivity index (χ2v) is 5.17. The molecule has 2 N–H and O–H groups in total. The lowest BCUT2D eigenvalue weighted by atomic mass is 10.0. The maximum atomic E-state index is 5.60. The number of fused-ring (bicyclic) bond motifs is 1. The number of hydrogen-bond donors (Lipinski definition) is 2. The molecule has 2 aromatic rings. The van der Waals surface area contributed by atoms with E-state index in [1.807, 2.05) is 31.3 Å². The van der Waals surface area contributed by atoms with Crippen LogP contribution in [0.15, 0.2) is 24.3 Å². The van der Waals surface area contributed by atoms with Crippen molar-refractivity contribution in [2.75, 3.05) is 30.8 Å². The van der Waals surface area contributed by atoms with Crippen LogP contribution >= 0.6 is 0 Å². The summed E-state index contributed by atoms with van der Waals surface area (Å²) in [7, 11) is 1.83. The average Bonchev–Trinajstić information content (AvgIpc) is 2.89. The first-order valence-corrected chi connectivity index (χ1v) is 7.08. The first-order valence-electron chi connectivity index (χ1n) is 7.08. The second-order valence-electron chi connectivity index (χ2n) is 5.17. The number of hydrogen-bond acceptors (Lipinski definition) is 5. The molecule has 2 heterocycles. The fourth-order valence-corrected chi connectivity index (χ4v) is 2.60. The van der Waals surface area contributed by atoms with Crippen molar-refractivity contribution in [2.45, 2.75) is 19.4 Å². The molecule has 0 aliphatic carbocycles. The van der Waals surface area contributed by atoms with Gasteiger partial charge in [-0.2, -0.15) is 4.98 Å². The van der Waals surface area contributed by atoms with E-state index in [4.69, 9.17) is 4.74 Å². The Bertz CT molecular complexity index is 601. The topological polar surface area (TPSA) is 59.1 Å². The normalized spacial score (nSPS) is 22.1. The van der Waals surface area contributed by atoms with Crippen molar-refractivity contribution in [2.24, 2.45) is 5.92 Å². The fraction of sp³-hybridized carbons (Fsp3) is 0.467. The summed E-state index contributed by atoms with van der Waals surface area (Å²) >= 11 is 0. The third-order valence-electron chi connectivity index (χ3n) is 3.89. The average molecular weight is 272 g/mol. The van der Waals surface area contributed by atoms with Gasteiger partial charge in [-0.25, -0.2) is 4.98 Å². The molecule has 1 aliphatic rings. The molecule has 2 unspecified atom stereocenters. The van der Waals surface area contributed by atoms with E-state index in [2.05, 4.69) is 27.5 Å². The Morgan fingerprint density at radius 1 is 1.30 bits per heavy atom. The summed E-state index contributed by atoms with van der Waals surface area (Å²) in [5.74, 6) is 2.07. The van der Waals surface area contributed by atoms with Gasteiger partial charge in [0.25, 0.3) is 0 Å². The second kappa shape index (κ2) is 5.63. The lowest BCUT2D eigenvalue weighted by Crippen LogP contribution is -2.21. The molecule has 20 heavy (non-hydrogen) atoms. The van der Waals surface area contributed by atoms with Crippen LogP contribution in [0.2, 0.25) is 0 Å². The van der Waals surface area contributed by atoms with Gasteiger partial charge in [-0.15, -0.1) is 0 Å². The Labute approximate surface area is 118 Å². The zero-order valence-electron chi connectivity index (χ0n) is 11.9. The van der Waals surface area contributed by atoms with E-state index in [0.717, 1.165) is 36.3 Å². The van der Waals surface area contributed by atoms with Crippen molar-refractivity contribution in [1.82, 2.24) is 9.97 Å². The minimum absolute atomic E-state index is 0.319. The largest absolute Gasteiger partial charge is 0.378 e. The Hall–Kier alpha value is -1.88. The molecule has 0 saturated carbocycles. The standard InChI is InChI=1S/C15H20N4O/c1-10-11(7-8-20-10)9-17-14-12-5-3-4-6-13(12)18-15(16-2)19-14/h3-6,10-11H,7-9H2,1-2H3,(H2,16,17,18,19). The number of rotatable bonds is 4. The molecular formula is C15H20N4O. The molecule has 1 aromatic heterocycles. The molecular weight excluding hydrogens is 252 g/mol. The van der Waals surface area contributed by atoms with Gasteiger partial charge in [0.05, 0.1) is 11.6 Å². The van der Waals surface area contributed by atoms with Crippen molar-refractivity contribution in [3.05, 3.63) is 24.3 Å². The maximum Gasteiger partial charge on any atom is 0.224 e. The van der Waals surface area contributed by atoms with Crippen molar-refractivity contribution < 1.29 is 4.74 Å². The van der Waals surface area contributed by atoms with Crippen LogP contribution < -0.4 is 10.6 Å². The molecule has 1 fully saturated rings. The summed E-state index contributed by atoms with van der Waals surface area (Å²) in [6.45, 7) is 3.88. The van der Waals surface area contributed by atoms with Gasteiger partial charge in [0.15, 0.2) is 0 Å². The highest BCUT2D eigenvalue weighted by Gasteiger charge is 2.24. The number of nitrogens with zero attached hydrogens (tertiary/aromatic N) is 2. The predicted molar refractivity (Wildman–Crippen MR) is 81.1 cm³/mol. The van der Waals surface area contributed by atoms with Crippen LogP contribution in [0, 0.1) is 5.92 Å². The highest BCUT2D eigenvalue weighted by molar-refractivity contribution is 5.89. The zero-order valence-corrected chi connectivity index (χ0v) is 11.9. The number of nitrogens with one attached hydrogen (secondary N) is 2. The summed E-state index contributed by atoms with van der Waals surface area (Å²) in [6.07, 6.45) is 1.43. The van der Waals surface area contributed by atoms with Crippen LogP contribution in [0.5, 0.6) is 0 Å². The van der Waals surface area contributed by atoms with Crippen LogP contribution in [0.25, 0.3) is 10.9 Å². The van der Waals surface area contributed by atoms with Crippen LogP contribution in [-0.4, -0.2) is 36.3 Å². The van der Waals surface area contributed by atoms with E-state index < -0.39 is 0 Å². The Morgan fingerprint density at radius 3 is 2.90 bits per heavy atom. The molecule has 1 saturated heterocycles. The summed E-state index contributed by atoms with van der Waals surface area (Å²) in [4.78, 5) is 8.99. The van der Waals surface area contributed by atoms with E-state index in [-0.39, 0.29) is 0 Å². The molecule has 5 heteroatoms. The van der Waals surface area contributed by atoms with Crippen molar-refractivity contribution in [3.8, 4) is 0 Å². The highest BCUT2D eigenvalue weighted by atomic mass is 16.5. The first-order chi connectivity index (χ1) is 9.78. The zero-order chi connectivity index (χ0) is 13.9. The molecule has 0 bridgehead atoms. The van der Waals surface area contributed by atoms with Gasteiger partial charge in [-0.05, 0) is 25.5 Å². The predicted octanol–water partition coefficient (Wildman–Crippen LogP) is 2.51. The molecule has 106 valence electrons.